The molecule has 1 aromatic rings. The number of halogens is 3. The maximum atomic E-state index is 12.0. The monoisotopic (exact) mass is 260 g/mol. The molecule has 98 valence electrons. The maximum Gasteiger partial charge on any atom is 0.573 e. The summed E-state index contributed by atoms with van der Waals surface area (Å²) in [7, 11) is 0. The zero-order chi connectivity index (χ0) is 13.3. The highest BCUT2D eigenvalue weighted by Gasteiger charge is 2.34. The summed E-state index contributed by atoms with van der Waals surface area (Å²) in [6.07, 6.45) is -3.23. The van der Waals surface area contributed by atoms with Crippen LogP contribution in [0, 0.1) is 5.92 Å². The number of rotatable bonds is 3. The molecule has 0 heterocycles. The Morgan fingerprint density at radius 1 is 1.39 bits per heavy atom. The van der Waals surface area contributed by atoms with Crippen molar-refractivity contribution >= 4 is 11.6 Å². The van der Waals surface area contributed by atoms with Crippen LogP contribution in [0.2, 0.25) is 0 Å². The molecule has 1 aliphatic rings. The van der Waals surface area contributed by atoms with Gasteiger partial charge in [-0.25, -0.2) is 10.9 Å². The molecule has 0 saturated heterocycles. The molecule has 1 amide bonds. The number of hydrazine groups is 1. The summed E-state index contributed by atoms with van der Waals surface area (Å²) in [4.78, 5) is 11.6. The van der Waals surface area contributed by atoms with Crippen molar-refractivity contribution in [3.8, 4) is 5.75 Å². The second-order valence-corrected chi connectivity index (χ2v) is 4.03. The van der Waals surface area contributed by atoms with Crippen LogP contribution in [-0.2, 0) is 4.79 Å². The van der Waals surface area contributed by atoms with Crippen molar-refractivity contribution in [2.24, 2.45) is 11.8 Å². The van der Waals surface area contributed by atoms with E-state index in [0.717, 1.165) is 30.0 Å². The molecule has 1 saturated carbocycles. The number of ether oxygens (including phenoxy) is 1. The average molecular weight is 260 g/mol. The van der Waals surface area contributed by atoms with E-state index >= 15 is 0 Å². The Hall–Kier alpha value is -1.76. The van der Waals surface area contributed by atoms with Gasteiger partial charge in [0.25, 0.3) is 0 Å². The quantitative estimate of drug-likeness (QED) is 0.515. The molecule has 0 bridgehead atoms. The van der Waals surface area contributed by atoms with Gasteiger partial charge in [-0.2, -0.15) is 0 Å². The van der Waals surface area contributed by atoms with Crippen LogP contribution in [0.5, 0.6) is 5.75 Å². The van der Waals surface area contributed by atoms with Gasteiger partial charge in [0, 0.05) is 12.0 Å². The molecule has 18 heavy (non-hydrogen) atoms. The van der Waals surface area contributed by atoms with Gasteiger partial charge in [-0.1, -0.05) is 6.07 Å². The molecular weight excluding hydrogens is 249 g/mol. The first-order valence-corrected chi connectivity index (χ1v) is 5.31. The van der Waals surface area contributed by atoms with Gasteiger partial charge in [-0.05, 0) is 25.0 Å². The van der Waals surface area contributed by atoms with E-state index in [1.165, 1.54) is 12.1 Å². The second kappa shape index (κ2) is 4.49. The predicted molar refractivity (Wildman–Crippen MR) is 57.5 cm³/mol. The molecule has 7 heteroatoms. The summed E-state index contributed by atoms with van der Waals surface area (Å²) in [6.45, 7) is 0. The second-order valence-electron chi connectivity index (χ2n) is 4.03. The molecule has 0 unspecified atom stereocenters. The number of benzene rings is 1. The van der Waals surface area contributed by atoms with E-state index in [1.54, 1.807) is 0 Å². The van der Waals surface area contributed by atoms with Crippen molar-refractivity contribution in [2.45, 2.75) is 19.2 Å². The number of carbonyl (C=O) groups is 1. The Kier molecular flexibility index (Phi) is 3.16. The first kappa shape index (κ1) is 12.7. The largest absolute Gasteiger partial charge is 0.573 e. The molecule has 1 aromatic carbocycles. The summed E-state index contributed by atoms with van der Waals surface area (Å²) in [5.41, 5.74) is 0.175. The number of anilines is 1. The minimum Gasteiger partial charge on any atom is -0.406 e. The van der Waals surface area contributed by atoms with Crippen molar-refractivity contribution in [2.75, 3.05) is 5.01 Å². The van der Waals surface area contributed by atoms with Gasteiger partial charge in [0.1, 0.15) is 5.75 Å². The standard InChI is InChI=1S/C11H11F3N2O2/c12-11(13,14)18-9-3-1-2-8(6-9)16(15)10(17)7-4-5-7/h1-3,6-7H,4-5,15H2. The van der Waals surface area contributed by atoms with E-state index in [1.807, 2.05) is 0 Å². The number of nitrogens with zero attached hydrogens (tertiary/aromatic N) is 1. The van der Waals surface area contributed by atoms with Crippen LogP contribution >= 0.6 is 0 Å². The summed E-state index contributed by atoms with van der Waals surface area (Å²) < 4.78 is 39.9. The summed E-state index contributed by atoms with van der Waals surface area (Å²) in [5.74, 6) is 4.75. The van der Waals surface area contributed by atoms with Crippen LogP contribution in [0.3, 0.4) is 0 Å². The van der Waals surface area contributed by atoms with Gasteiger partial charge in [0.2, 0.25) is 5.91 Å². The summed E-state index contributed by atoms with van der Waals surface area (Å²) >= 11 is 0. The van der Waals surface area contributed by atoms with Gasteiger partial charge in [-0.3, -0.25) is 4.79 Å². The van der Waals surface area contributed by atoms with Crippen molar-refractivity contribution in [1.29, 1.82) is 0 Å². The number of amides is 1. The SMILES string of the molecule is NN(C(=O)C1CC1)c1cccc(OC(F)(F)F)c1. The lowest BCUT2D eigenvalue weighted by Gasteiger charge is -2.17. The molecule has 2 rings (SSSR count). The van der Waals surface area contributed by atoms with Gasteiger partial charge in [0.05, 0.1) is 5.69 Å². The number of nitrogens with two attached hydrogens (primary N) is 1. The lowest BCUT2D eigenvalue weighted by atomic mass is 10.2. The third-order valence-electron chi connectivity index (χ3n) is 2.49. The highest BCUT2D eigenvalue weighted by atomic mass is 19.4. The minimum atomic E-state index is -4.77. The highest BCUT2D eigenvalue weighted by molar-refractivity contribution is 5.95. The summed E-state index contributed by atoms with van der Waals surface area (Å²) in [6, 6.07) is 5.01. The molecule has 0 aromatic heterocycles. The van der Waals surface area contributed by atoms with E-state index in [4.69, 9.17) is 5.84 Å². The molecule has 0 aliphatic heterocycles. The molecule has 0 radical (unpaired) electrons. The van der Waals surface area contributed by atoms with E-state index < -0.39 is 12.1 Å². The van der Waals surface area contributed by atoms with Crippen LogP contribution in [0.1, 0.15) is 12.8 Å². The zero-order valence-corrected chi connectivity index (χ0v) is 9.28. The van der Waals surface area contributed by atoms with Crippen LogP contribution < -0.4 is 15.6 Å². The number of hydrogen-bond acceptors (Lipinski definition) is 3. The number of hydrogen-bond donors (Lipinski definition) is 1. The first-order valence-electron chi connectivity index (χ1n) is 5.31. The normalized spacial score (nSPS) is 15.3. The first-order chi connectivity index (χ1) is 8.37. The van der Waals surface area contributed by atoms with Gasteiger partial charge in [-0.15, -0.1) is 13.2 Å². The van der Waals surface area contributed by atoms with E-state index in [9.17, 15) is 18.0 Å². The third kappa shape index (κ3) is 3.13. The Morgan fingerprint density at radius 2 is 2.06 bits per heavy atom. The van der Waals surface area contributed by atoms with Gasteiger partial charge in [0.15, 0.2) is 0 Å². The van der Waals surface area contributed by atoms with Gasteiger partial charge < -0.3 is 4.74 Å². The van der Waals surface area contributed by atoms with Gasteiger partial charge >= 0.3 is 6.36 Å². The van der Waals surface area contributed by atoms with Crippen LogP contribution in [0.15, 0.2) is 24.3 Å². The topological polar surface area (TPSA) is 55.6 Å². The van der Waals surface area contributed by atoms with Crippen molar-refractivity contribution < 1.29 is 22.7 Å². The predicted octanol–water partition coefficient (Wildman–Crippen LogP) is 2.20. The van der Waals surface area contributed by atoms with E-state index in [0.29, 0.717) is 0 Å². The van der Waals surface area contributed by atoms with Crippen molar-refractivity contribution in [1.82, 2.24) is 0 Å². The number of alkyl halides is 3. The Balaban J connectivity index is 2.13. The average Bonchev–Trinajstić information content (AvgIpc) is 3.09. The zero-order valence-electron chi connectivity index (χ0n) is 9.28. The van der Waals surface area contributed by atoms with E-state index in [-0.39, 0.29) is 17.5 Å². The van der Waals surface area contributed by atoms with Crippen LogP contribution in [0.25, 0.3) is 0 Å². The molecule has 0 spiro atoms. The minimum absolute atomic E-state index is 0.109. The van der Waals surface area contributed by atoms with Crippen LogP contribution in [0.4, 0.5) is 18.9 Å². The lowest BCUT2D eigenvalue weighted by Crippen LogP contribution is -2.38. The molecule has 1 aliphatic carbocycles. The van der Waals surface area contributed by atoms with Crippen LogP contribution in [-0.4, -0.2) is 12.3 Å². The highest BCUT2D eigenvalue weighted by Crippen LogP contribution is 2.32. The van der Waals surface area contributed by atoms with Crippen molar-refractivity contribution in [3.05, 3.63) is 24.3 Å². The molecule has 4 nitrogen and oxygen atoms in total. The number of carbonyl (C=O) groups excluding carboxylic acids is 1. The molecular formula is C11H11F3N2O2. The third-order valence-corrected chi connectivity index (χ3v) is 2.49. The maximum absolute atomic E-state index is 12.0. The Bertz CT molecular complexity index is 458. The fourth-order valence-corrected chi connectivity index (χ4v) is 1.48. The smallest absolute Gasteiger partial charge is 0.406 e. The summed E-state index contributed by atoms with van der Waals surface area (Å²) in [5, 5.41) is 0.862. The molecule has 2 N–H and O–H groups in total. The fraction of sp³-hybridized carbons (Fsp3) is 0.364. The lowest BCUT2D eigenvalue weighted by molar-refractivity contribution is -0.274. The Labute approximate surface area is 101 Å². The fourth-order valence-electron chi connectivity index (χ4n) is 1.48. The Morgan fingerprint density at radius 3 is 2.61 bits per heavy atom. The van der Waals surface area contributed by atoms with E-state index in [2.05, 4.69) is 4.74 Å². The molecule has 0 atom stereocenters. The molecule has 1 fully saturated rings. The van der Waals surface area contributed by atoms with Crippen molar-refractivity contribution in [3.63, 3.8) is 0 Å².